The van der Waals surface area contributed by atoms with Crippen LogP contribution < -0.4 is 10.5 Å². The Hall–Kier alpha value is -2.56. The first-order chi connectivity index (χ1) is 9.58. The summed E-state index contributed by atoms with van der Waals surface area (Å²) in [5, 5.41) is 0. The number of anilines is 1. The van der Waals surface area contributed by atoms with E-state index in [1.807, 2.05) is 0 Å². The molecule has 1 aromatic carbocycles. The van der Waals surface area contributed by atoms with Crippen LogP contribution in [-0.4, -0.2) is 25.8 Å². The third-order valence-electron chi connectivity index (χ3n) is 2.26. The van der Waals surface area contributed by atoms with Gasteiger partial charge in [0.1, 0.15) is 17.1 Å². The van der Waals surface area contributed by atoms with Gasteiger partial charge in [-0.05, 0) is 37.3 Å². The van der Waals surface area contributed by atoms with Gasteiger partial charge in [-0.25, -0.2) is 4.79 Å². The molecule has 20 heavy (non-hydrogen) atoms. The van der Waals surface area contributed by atoms with E-state index in [1.54, 1.807) is 44.5 Å². The molecule has 1 rings (SSSR count). The van der Waals surface area contributed by atoms with Crippen molar-refractivity contribution in [3.63, 3.8) is 0 Å². The average Bonchev–Trinajstić information content (AvgIpc) is 2.41. The Bertz CT molecular complexity index is 548. The standard InChI is InChI=1S/C15H18N2O3/c1-4-19-15(18)13-10-12(16)7-8-14(13)20-11(2)6-5-9-17-3/h5-10H,2,4,16H2,1,3H3/b6-5-,17-9?. The number of nitrogens with zero attached hydrogens (tertiary/aromatic N) is 1. The van der Waals surface area contributed by atoms with Crippen molar-refractivity contribution in [2.75, 3.05) is 19.4 Å². The second kappa shape index (κ2) is 7.78. The number of hydrogen-bond donors (Lipinski definition) is 1. The normalized spacial score (nSPS) is 10.9. The summed E-state index contributed by atoms with van der Waals surface area (Å²) >= 11 is 0. The van der Waals surface area contributed by atoms with Gasteiger partial charge in [-0.1, -0.05) is 6.58 Å². The molecule has 0 amide bonds. The number of hydrogen-bond acceptors (Lipinski definition) is 5. The maximum absolute atomic E-state index is 11.8. The zero-order chi connectivity index (χ0) is 15.0. The molecular formula is C15H18N2O3. The predicted molar refractivity (Wildman–Crippen MR) is 80.1 cm³/mol. The van der Waals surface area contributed by atoms with Crippen molar-refractivity contribution in [3.8, 4) is 5.75 Å². The van der Waals surface area contributed by atoms with Gasteiger partial charge < -0.3 is 15.2 Å². The molecular weight excluding hydrogens is 256 g/mol. The molecule has 5 nitrogen and oxygen atoms in total. The minimum absolute atomic E-state index is 0.269. The van der Waals surface area contributed by atoms with Crippen LogP contribution in [-0.2, 0) is 4.74 Å². The second-order valence-corrected chi connectivity index (χ2v) is 3.81. The van der Waals surface area contributed by atoms with Crippen molar-refractivity contribution in [1.29, 1.82) is 0 Å². The zero-order valence-electron chi connectivity index (χ0n) is 11.6. The lowest BCUT2D eigenvalue weighted by atomic mass is 10.2. The molecule has 0 saturated carbocycles. The maximum Gasteiger partial charge on any atom is 0.342 e. The van der Waals surface area contributed by atoms with Crippen molar-refractivity contribution < 1.29 is 14.3 Å². The predicted octanol–water partition coefficient (Wildman–Crippen LogP) is 2.59. The Morgan fingerprint density at radius 2 is 2.25 bits per heavy atom. The van der Waals surface area contributed by atoms with E-state index < -0.39 is 5.97 Å². The van der Waals surface area contributed by atoms with Crippen LogP contribution in [0.5, 0.6) is 5.75 Å². The first kappa shape index (κ1) is 15.5. The quantitative estimate of drug-likeness (QED) is 0.284. The van der Waals surface area contributed by atoms with Gasteiger partial charge >= 0.3 is 5.97 Å². The summed E-state index contributed by atoms with van der Waals surface area (Å²) in [6.45, 7) is 5.75. The van der Waals surface area contributed by atoms with Crippen LogP contribution in [0.1, 0.15) is 17.3 Å². The van der Waals surface area contributed by atoms with Crippen LogP contribution in [0.15, 0.2) is 47.7 Å². The SMILES string of the molecule is C=C(/C=C\C=NC)Oc1ccc(N)cc1C(=O)OCC. The first-order valence-electron chi connectivity index (χ1n) is 6.10. The fourth-order valence-electron chi connectivity index (χ4n) is 1.42. The fourth-order valence-corrected chi connectivity index (χ4v) is 1.42. The van der Waals surface area contributed by atoms with E-state index in [2.05, 4.69) is 11.6 Å². The molecule has 0 bridgehead atoms. The molecule has 0 aromatic heterocycles. The van der Waals surface area contributed by atoms with Gasteiger partial charge in [0.2, 0.25) is 0 Å². The highest BCUT2D eigenvalue weighted by atomic mass is 16.5. The molecule has 0 aliphatic rings. The van der Waals surface area contributed by atoms with Crippen LogP contribution in [0.4, 0.5) is 5.69 Å². The van der Waals surface area contributed by atoms with Gasteiger partial charge in [-0.3, -0.25) is 4.99 Å². The Balaban J connectivity index is 2.94. The number of allylic oxidation sites excluding steroid dienone is 2. The number of rotatable bonds is 6. The summed E-state index contributed by atoms with van der Waals surface area (Å²) in [6.07, 6.45) is 4.92. The summed E-state index contributed by atoms with van der Waals surface area (Å²) in [6, 6.07) is 4.76. The summed E-state index contributed by atoms with van der Waals surface area (Å²) in [7, 11) is 1.66. The smallest absolute Gasteiger partial charge is 0.342 e. The van der Waals surface area contributed by atoms with Crippen LogP contribution >= 0.6 is 0 Å². The molecule has 0 aliphatic heterocycles. The molecule has 0 aliphatic carbocycles. The van der Waals surface area contributed by atoms with E-state index in [0.29, 0.717) is 17.2 Å². The molecule has 0 radical (unpaired) electrons. The van der Waals surface area contributed by atoms with Crippen LogP contribution in [0.3, 0.4) is 0 Å². The molecule has 0 heterocycles. The van der Waals surface area contributed by atoms with Crippen LogP contribution in [0.2, 0.25) is 0 Å². The summed E-state index contributed by atoms with van der Waals surface area (Å²) in [5.41, 5.74) is 6.40. The zero-order valence-corrected chi connectivity index (χ0v) is 11.6. The van der Waals surface area contributed by atoms with E-state index in [4.69, 9.17) is 15.2 Å². The van der Waals surface area contributed by atoms with Gasteiger partial charge in [0.15, 0.2) is 0 Å². The summed E-state index contributed by atoms with van der Waals surface area (Å²) < 4.78 is 10.5. The van der Waals surface area contributed by atoms with Crippen molar-refractivity contribution in [2.45, 2.75) is 6.92 Å². The number of carbonyl (C=O) groups is 1. The lowest BCUT2D eigenvalue weighted by Gasteiger charge is -2.11. The van der Waals surface area contributed by atoms with Crippen molar-refractivity contribution in [2.24, 2.45) is 4.99 Å². The lowest BCUT2D eigenvalue weighted by Crippen LogP contribution is -2.08. The number of aliphatic imine (C=N–C) groups is 1. The molecule has 1 aromatic rings. The molecule has 0 fully saturated rings. The Morgan fingerprint density at radius 1 is 1.50 bits per heavy atom. The van der Waals surface area contributed by atoms with E-state index in [0.717, 1.165) is 0 Å². The van der Waals surface area contributed by atoms with Crippen molar-refractivity contribution in [3.05, 3.63) is 48.3 Å². The lowest BCUT2D eigenvalue weighted by molar-refractivity contribution is 0.0523. The molecule has 0 unspecified atom stereocenters. The van der Waals surface area contributed by atoms with Crippen molar-refractivity contribution >= 4 is 17.9 Å². The Morgan fingerprint density at radius 3 is 2.90 bits per heavy atom. The van der Waals surface area contributed by atoms with Crippen molar-refractivity contribution in [1.82, 2.24) is 0 Å². The molecule has 0 saturated heterocycles. The Labute approximate surface area is 118 Å². The number of benzene rings is 1. The monoisotopic (exact) mass is 274 g/mol. The van der Waals surface area contributed by atoms with Gasteiger partial charge in [0.25, 0.3) is 0 Å². The highest BCUT2D eigenvalue weighted by Gasteiger charge is 2.14. The highest BCUT2D eigenvalue weighted by molar-refractivity contribution is 5.93. The molecule has 106 valence electrons. The Kier molecular flexibility index (Phi) is 6.03. The summed E-state index contributed by atoms with van der Waals surface area (Å²) in [5.74, 6) is 0.239. The largest absolute Gasteiger partial charge is 0.462 e. The van der Waals surface area contributed by atoms with E-state index in [9.17, 15) is 4.79 Å². The first-order valence-corrected chi connectivity index (χ1v) is 6.10. The maximum atomic E-state index is 11.8. The minimum Gasteiger partial charge on any atom is -0.462 e. The molecule has 5 heteroatoms. The third-order valence-corrected chi connectivity index (χ3v) is 2.26. The van der Waals surface area contributed by atoms with E-state index in [1.165, 1.54) is 6.07 Å². The molecule has 0 atom stereocenters. The number of carbonyl (C=O) groups excluding carboxylic acids is 1. The number of nitrogens with two attached hydrogens (primary N) is 1. The van der Waals surface area contributed by atoms with Gasteiger partial charge in [-0.15, -0.1) is 0 Å². The van der Waals surface area contributed by atoms with E-state index >= 15 is 0 Å². The topological polar surface area (TPSA) is 73.9 Å². The highest BCUT2D eigenvalue weighted by Crippen LogP contribution is 2.24. The summed E-state index contributed by atoms with van der Waals surface area (Å²) in [4.78, 5) is 15.6. The number of esters is 1. The van der Waals surface area contributed by atoms with E-state index in [-0.39, 0.29) is 12.2 Å². The fraction of sp³-hybridized carbons (Fsp3) is 0.200. The van der Waals surface area contributed by atoms with Gasteiger partial charge in [-0.2, -0.15) is 0 Å². The number of ether oxygens (including phenoxy) is 2. The molecule has 2 N–H and O–H groups in total. The van der Waals surface area contributed by atoms with Crippen LogP contribution in [0, 0.1) is 0 Å². The average molecular weight is 274 g/mol. The second-order valence-electron chi connectivity index (χ2n) is 3.81. The van der Waals surface area contributed by atoms with Gasteiger partial charge in [0, 0.05) is 18.9 Å². The minimum atomic E-state index is -0.485. The van der Waals surface area contributed by atoms with Gasteiger partial charge in [0.05, 0.1) is 6.61 Å². The van der Waals surface area contributed by atoms with Crippen LogP contribution in [0.25, 0.3) is 0 Å². The number of nitrogen functional groups attached to an aromatic ring is 1. The molecule has 0 spiro atoms. The third kappa shape index (κ3) is 4.61.